The van der Waals surface area contributed by atoms with Gasteiger partial charge < -0.3 is 9.15 Å². The van der Waals surface area contributed by atoms with E-state index in [4.69, 9.17) is 9.15 Å². The van der Waals surface area contributed by atoms with Crippen molar-refractivity contribution in [1.82, 2.24) is 0 Å². The van der Waals surface area contributed by atoms with Gasteiger partial charge in [0.15, 0.2) is 0 Å². The topological polar surface area (TPSA) is 56.5 Å². The van der Waals surface area contributed by atoms with E-state index in [0.29, 0.717) is 5.58 Å². The Hall–Kier alpha value is -2.95. The molecule has 3 rings (SSSR count). The van der Waals surface area contributed by atoms with Crippen molar-refractivity contribution >= 4 is 16.9 Å². The first-order chi connectivity index (χ1) is 11.4. The van der Waals surface area contributed by atoms with E-state index in [9.17, 15) is 14.0 Å². The fourth-order valence-electron chi connectivity index (χ4n) is 2.46. The molecule has 122 valence electrons. The van der Waals surface area contributed by atoms with Crippen molar-refractivity contribution < 1.29 is 18.3 Å². The van der Waals surface area contributed by atoms with Crippen LogP contribution in [0.2, 0.25) is 0 Å². The number of ether oxygens (including phenoxy) is 1. The van der Waals surface area contributed by atoms with Gasteiger partial charge in [0.05, 0.1) is 5.56 Å². The van der Waals surface area contributed by atoms with Crippen molar-refractivity contribution in [2.24, 2.45) is 0 Å². The zero-order chi connectivity index (χ0) is 17.3. The Bertz CT molecular complexity index is 955. The number of esters is 1. The summed E-state index contributed by atoms with van der Waals surface area (Å²) >= 11 is 0. The average Bonchev–Trinajstić information content (AvgIpc) is 2.54. The minimum Gasteiger partial charge on any atom is -0.423 e. The first-order valence-electron chi connectivity index (χ1n) is 7.49. The van der Waals surface area contributed by atoms with Gasteiger partial charge in [-0.25, -0.2) is 14.0 Å². The highest BCUT2D eigenvalue weighted by Gasteiger charge is 2.13. The number of benzene rings is 2. The first-order valence-corrected chi connectivity index (χ1v) is 7.49. The van der Waals surface area contributed by atoms with E-state index in [0.717, 1.165) is 10.9 Å². The van der Waals surface area contributed by atoms with Crippen LogP contribution >= 0.6 is 0 Å². The molecule has 0 aliphatic carbocycles. The molecule has 2 aromatic carbocycles. The molecular weight excluding hydrogens is 311 g/mol. The summed E-state index contributed by atoms with van der Waals surface area (Å²) in [5.74, 6) is -0.637. The van der Waals surface area contributed by atoms with Crippen LogP contribution in [0.1, 0.15) is 35.7 Å². The lowest BCUT2D eigenvalue weighted by Crippen LogP contribution is -2.08. The quantitative estimate of drug-likeness (QED) is 0.410. The summed E-state index contributed by atoms with van der Waals surface area (Å²) in [4.78, 5) is 23.8. The highest BCUT2D eigenvalue weighted by Crippen LogP contribution is 2.27. The third kappa shape index (κ3) is 3.20. The number of fused-ring (bicyclic) bond motifs is 1. The van der Waals surface area contributed by atoms with E-state index in [2.05, 4.69) is 0 Å². The van der Waals surface area contributed by atoms with Crippen molar-refractivity contribution in [2.45, 2.75) is 19.8 Å². The van der Waals surface area contributed by atoms with Crippen LogP contribution in [-0.4, -0.2) is 5.97 Å². The molecule has 0 fully saturated rings. The summed E-state index contributed by atoms with van der Waals surface area (Å²) in [6.45, 7) is 3.97. The lowest BCUT2D eigenvalue weighted by Gasteiger charge is -2.10. The normalized spacial score (nSPS) is 11.0. The van der Waals surface area contributed by atoms with Crippen LogP contribution in [0.5, 0.6) is 5.75 Å². The molecule has 0 amide bonds. The van der Waals surface area contributed by atoms with Gasteiger partial charge in [-0.3, -0.25) is 0 Å². The molecule has 4 nitrogen and oxygen atoms in total. The molecule has 0 saturated heterocycles. The Kier molecular flexibility index (Phi) is 4.16. The zero-order valence-corrected chi connectivity index (χ0v) is 13.2. The van der Waals surface area contributed by atoms with Crippen LogP contribution in [0.25, 0.3) is 11.0 Å². The zero-order valence-electron chi connectivity index (χ0n) is 13.2. The lowest BCUT2D eigenvalue weighted by molar-refractivity contribution is 0.0735. The SMILES string of the molecule is CC(C)c1cc(=O)oc2cc(OC(=O)c3ccc(F)cc3)ccc12. The van der Waals surface area contributed by atoms with Gasteiger partial charge in [0, 0.05) is 17.5 Å². The number of halogens is 1. The van der Waals surface area contributed by atoms with E-state index >= 15 is 0 Å². The Balaban J connectivity index is 1.95. The van der Waals surface area contributed by atoms with Gasteiger partial charge >= 0.3 is 11.6 Å². The van der Waals surface area contributed by atoms with Crippen molar-refractivity contribution in [3.63, 3.8) is 0 Å². The molecule has 0 bridgehead atoms. The standard InChI is InChI=1S/C19H15FO4/c1-11(2)16-10-18(21)24-17-9-14(7-8-15(16)17)23-19(22)12-3-5-13(20)6-4-12/h3-11H,1-2H3. The van der Waals surface area contributed by atoms with Gasteiger partial charge in [0.25, 0.3) is 0 Å². The second-order valence-corrected chi connectivity index (χ2v) is 5.73. The molecule has 1 aromatic heterocycles. The molecule has 0 N–H and O–H groups in total. The Labute approximate surface area is 137 Å². The molecule has 0 radical (unpaired) electrons. The highest BCUT2D eigenvalue weighted by atomic mass is 19.1. The Morgan fingerprint density at radius 2 is 1.79 bits per heavy atom. The average molecular weight is 326 g/mol. The lowest BCUT2D eigenvalue weighted by atomic mass is 10.00. The van der Waals surface area contributed by atoms with Gasteiger partial charge in [-0.05, 0) is 47.9 Å². The number of carbonyl (C=O) groups is 1. The van der Waals surface area contributed by atoms with Crippen LogP contribution < -0.4 is 10.4 Å². The van der Waals surface area contributed by atoms with E-state index in [1.165, 1.54) is 36.4 Å². The van der Waals surface area contributed by atoms with Crippen LogP contribution in [-0.2, 0) is 0 Å². The van der Waals surface area contributed by atoms with Crippen LogP contribution in [0, 0.1) is 5.82 Å². The molecule has 0 aliphatic heterocycles. The van der Waals surface area contributed by atoms with Crippen molar-refractivity contribution in [3.8, 4) is 5.75 Å². The van der Waals surface area contributed by atoms with Crippen LogP contribution in [0.15, 0.2) is 57.7 Å². The molecule has 1 heterocycles. The molecule has 24 heavy (non-hydrogen) atoms. The number of hydrogen-bond donors (Lipinski definition) is 0. The first kappa shape index (κ1) is 15.9. The van der Waals surface area contributed by atoms with Gasteiger partial charge in [0.2, 0.25) is 0 Å². The number of rotatable bonds is 3. The van der Waals surface area contributed by atoms with Crippen molar-refractivity contribution in [1.29, 1.82) is 0 Å². The summed E-state index contributed by atoms with van der Waals surface area (Å²) < 4.78 is 23.4. The molecule has 0 saturated carbocycles. The molecular formula is C19H15FO4. The summed E-state index contributed by atoms with van der Waals surface area (Å²) in [6, 6.07) is 11.4. The summed E-state index contributed by atoms with van der Waals surface area (Å²) in [7, 11) is 0. The van der Waals surface area contributed by atoms with Crippen molar-refractivity contribution in [2.75, 3.05) is 0 Å². The molecule has 3 aromatic rings. The van der Waals surface area contributed by atoms with Crippen LogP contribution in [0.3, 0.4) is 0 Å². The smallest absolute Gasteiger partial charge is 0.343 e. The summed E-state index contributed by atoms with van der Waals surface area (Å²) in [6.07, 6.45) is 0. The van der Waals surface area contributed by atoms with Crippen molar-refractivity contribution in [3.05, 3.63) is 75.9 Å². The monoisotopic (exact) mass is 326 g/mol. The highest BCUT2D eigenvalue weighted by molar-refractivity contribution is 5.91. The summed E-state index contributed by atoms with van der Waals surface area (Å²) in [5.41, 5.74) is 1.01. The molecule has 0 aliphatic rings. The molecule has 0 unspecified atom stereocenters. The summed E-state index contributed by atoms with van der Waals surface area (Å²) in [5, 5.41) is 0.797. The largest absolute Gasteiger partial charge is 0.423 e. The minimum atomic E-state index is -0.614. The Morgan fingerprint density at radius 1 is 1.08 bits per heavy atom. The van der Waals surface area contributed by atoms with E-state index in [-0.39, 0.29) is 17.2 Å². The maximum atomic E-state index is 12.9. The molecule has 5 heteroatoms. The predicted octanol–water partition coefficient (Wildman–Crippen LogP) is 4.27. The third-order valence-electron chi connectivity index (χ3n) is 3.66. The maximum Gasteiger partial charge on any atom is 0.343 e. The van der Waals surface area contributed by atoms with E-state index < -0.39 is 17.4 Å². The van der Waals surface area contributed by atoms with Gasteiger partial charge in [-0.1, -0.05) is 13.8 Å². The molecule has 0 spiro atoms. The van der Waals surface area contributed by atoms with E-state index in [1.807, 2.05) is 13.8 Å². The number of hydrogen-bond acceptors (Lipinski definition) is 4. The maximum absolute atomic E-state index is 12.9. The second-order valence-electron chi connectivity index (χ2n) is 5.73. The van der Waals surface area contributed by atoms with Gasteiger partial charge in [-0.15, -0.1) is 0 Å². The minimum absolute atomic E-state index is 0.157. The van der Waals surface area contributed by atoms with Gasteiger partial charge in [-0.2, -0.15) is 0 Å². The predicted molar refractivity (Wildman–Crippen MR) is 87.9 cm³/mol. The second kappa shape index (κ2) is 6.28. The van der Waals surface area contributed by atoms with Crippen LogP contribution in [0.4, 0.5) is 4.39 Å². The third-order valence-corrected chi connectivity index (χ3v) is 3.66. The number of carbonyl (C=O) groups excluding carboxylic acids is 1. The fraction of sp³-hybridized carbons (Fsp3) is 0.158. The fourth-order valence-corrected chi connectivity index (χ4v) is 2.46. The van der Waals surface area contributed by atoms with E-state index in [1.54, 1.807) is 12.1 Å². The molecule has 0 atom stereocenters. The Morgan fingerprint density at radius 3 is 2.46 bits per heavy atom. The van der Waals surface area contributed by atoms with Gasteiger partial charge in [0.1, 0.15) is 17.1 Å².